The summed E-state index contributed by atoms with van der Waals surface area (Å²) in [5, 5.41) is 0. The number of methoxy groups -OCH3 is 1. The molecule has 0 heterocycles. The van der Waals surface area contributed by atoms with Crippen molar-refractivity contribution in [3.63, 3.8) is 0 Å². The smallest absolute Gasteiger partial charge is 0.119 e. The zero-order chi connectivity index (χ0) is 8.97. The molecule has 0 saturated carbocycles. The van der Waals surface area contributed by atoms with Crippen molar-refractivity contribution in [1.82, 2.24) is 4.94 Å². The van der Waals surface area contributed by atoms with E-state index in [1.165, 1.54) is 0 Å². The van der Waals surface area contributed by atoms with Crippen molar-refractivity contribution >= 4 is 17.5 Å². The maximum Gasteiger partial charge on any atom is 0.119 e. The third-order valence-corrected chi connectivity index (χ3v) is 1.71. The van der Waals surface area contributed by atoms with Gasteiger partial charge in [-0.2, -0.15) is 0 Å². The summed E-state index contributed by atoms with van der Waals surface area (Å²) < 4.78 is 5.05. The molecule has 0 radical (unpaired) electrons. The third kappa shape index (κ3) is 2.03. The van der Waals surface area contributed by atoms with Crippen LogP contribution in [0.2, 0.25) is 0 Å². The van der Waals surface area contributed by atoms with Crippen LogP contribution in [0, 0.1) is 6.92 Å². The Hall–Kier alpha value is -0.930. The molecule has 0 aromatic heterocycles. The van der Waals surface area contributed by atoms with Crippen LogP contribution in [0.1, 0.15) is 5.56 Å². The average Bonchev–Trinajstić information content (AvgIpc) is 2.09. The molecular formula is C8H11ClN2O. The second-order valence-corrected chi connectivity index (χ2v) is 2.59. The molecule has 1 aromatic rings. The summed E-state index contributed by atoms with van der Waals surface area (Å²) in [4.78, 5) is 2.34. The topological polar surface area (TPSA) is 33.3 Å². The lowest BCUT2D eigenvalue weighted by atomic mass is 10.2. The van der Waals surface area contributed by atoms with Crippen LogP contribution in [0.25, 0.3) is 0 Å². The fraction of sp³-hybridized carbons (Fsp3) is 0.250. The average molecular weight is 187 g/mol. The summed E-state index contributed by atoms with van der Waals surface area (Å²) in [5.41, 5.74) is 4.79. The first-order valence-corrected chi connectivity index (χ1v) is 3.92. The predicted molar refractivity (Wildman–Crippen MR) is 50.3 cm³/mol. The third-order valence-electron chi connectivity index (χ3n) is 1.62. The molecule has 0 spiro atoms. The van der Waals surface area contributed by atoms with Crippen molar-refractivity contribution in [3.05, 3.63) is 23.8 Å². The van der Waals surface area contributed by atoms with Gasteiger partial charge in [0.15, 0.2) is 0 Å². The normalized spacial score (nSPS) is 9.58. The first kappa shape index (κ1) is 9.16. The fourth-order valence-electron chi connectivity index (χ4n) is 0.954. The molecule has 0 fully saturated rings. The van der Waals surface area contributed by atoms with Crippen LogP contribution in [-0.4, -0.2) is 7.11 Å². The van der Waals surface area contributed by atoms with Crippen molar-refractivity contribution in [2.45, 2.75) is 6.92 Å². The Kier molecular flexibility index (Phi) is 3.19. The number of anilines is 1. The Morgan fingerprint density at radius 2 is 2.17 bits per heavy atom. The van der Waals surface area contributed by atoms with Crippen molar-refractivity contribution in [2.75, 3.05) is 12.5 Å². The second-order valence-electron chi connectivity index (χ2n) is 2.40. The highest BCUT2D eigenvalue weighted by molar-refractivity contribution is 6.14. The van der Waals surface area contributed by atoms with Gasteiger partial charge in [-0.15, -0.1) is 4.94 Å². The lowest BCUT2D eigenvalue weighted by Crippen LogP contribution is -2.09. The Morgan fingerprint density at radius 1 is 1.42 bits per heavy atom. The summed E-state index contributed by atoms with van der Waals surface area (Å²) in [6.45, 7) is 1.97. The van der Waals surface area contributed by atoms with E-state index in [2.05, 4.69) is 10.4 Å². The van der Waals surface area contributed by atoms with E-state index in [4.69, 9.17) is 16.5 Å². The molecule has 0 saturated heterocycles. The first-order valence-electron chi connectivity index (χ1n) is 3.54. The van der Waals surface area contributed by atoms with E-state index in [0.29, 0.717) is 0 Å². The standard InChI is InChI=1S/C8H11ClN2O/c1-6-5-7(12-2)3-4-8(6)10-11-9/h3-5,10-11H,1-2H3. The molecule has 12 heavy (non-hydrogen) atoms. The number of nitrogens with one attached hydrogen (secondary N) is 2. The van der Waals surface area contributed by atoms with E-state index in [-0.39, 0.29) is 0 Å². The first-order chi connectivity index (χ1) is 5.77. The van der Waals surface area contributed by atoms with Crippen LogP contribution < -0.4 is 15.1 Å². The highest BCUT2D eigenvalue weighted by Crippen LogP contribution is 2.20. The maximum absolute atomic E-state index is 5.29. The molecule has 0 aliphatic carbocycles. The number of halogens is 1. The number of hydrogen-bond acceptors (Lipinski definition) is 3. The minimum Gasteiger partial charge on any atom is -0.497 e. The number of aryl methyl sites for hydroxylation is 1. The Balaban J connectivity index is 2.87. The second kappa shape index (κ2) is 4.18. The van der Waals surface area contributed by atoms with Gasteiger partial charge < -0.3 is 10.2 Å². The van der Waals surface area contributed by atoms with Crippen molar-refractivity contribution in [2.24, 2.45) is 0 Å². The molecule has 0 unspecified atom stereocenters. The largest absolute Gasteiger partial charge is 0.497 e. The van der Waals surface area contributed by atoms with Crippen LogP contribution in [-0.2, 0) is 0 Å². The Bertz CT molecular complexity index is 265. The van der Waals surface area contributed by atoms with E-state index < -0.39 is 0 Å². The Morgan fingerprint density at radius 3 is 2.67 bits per heavy atom. The lowest BCUT2D eigenvalue weighted by molar-refractivity contribution is 0.414. The maximum atomic E-state index is 5.29. The molecule has 1 rings (SSSR count). The van der Waals surface area contributed by atoms with E-state index in [0.717, 1.165) is 17.0 Å². The van der Waals surface area contributed by atoms with Gasteiger partial charge in [0.25, 0.3) is 0 Å². The lowest BCUT2D eigenvalue weighted by Gasteiger charge is -2.07. The van der Waals surface area contributed by atoms with Gasteiger partial charge in [0.2, 0.25) is 0 Å². The van der Waals surface area contributed by atoms with Gasteiger partial charge >= 0.3 is 0 Å². The number of rotatable bonds is 3. The summed E-state index contributed by atoms with van der Waals surface area (Å²) in [6, 6.07) is 5.68. The molecule has 0 aliphatic rings. The van der Waals surface area contributed by atoms with Gasteiger partial charge in [-0.05, 0) is 42.5 Å². The van der Waals surface area contributed by atoms with Gasteiger partial charge in [-0.25, -0.2) is 0 Å². The van der Waals surface area contributed by atoms with Gasteiger partial charge in [0.1, 0.15) is 5.75 Å². The zero-order valence-corrected chi connectivity index (χ0v) is 7.77. The van der Waals surface area contributed by atoms with Gasteiger partial charge in [0, 0.05) is 0 Å². The van der Waals surface area contributed by atoms with Gasteiger partial charge in [-0.3, -0.25) is 0 Å². The van der Waals surface area contributed by atoms with Gasteiger partial charge in [0.05, 0.1) is 12.8 Å². The van der Waals surface area contributed by atoms with Crippen molar-refractivity contribution in [3.8, 4) is 5.75 Å². The fourth-order valence-corrected chi connectivity index (χ4v) is 1.06. The minimum absolute atomic E-state index is 0.840. The highest BCUT2D eigenvalue weighted by atomic mass is 35.5. The molecular weight excluding hydrogens is 176 g/mol. The van der Waals surface area contributed by atoms with Gasteiger partial charge in [-0.1, -0.05) is 0 Å². The predicted octanol–water partition coefficient (Wildman–Crippen LogP) is 2.07. The molecule has 0 atom stereocenters. The van der Waals surface area contributed by atoms with E-state index >= 15 is 0 Å². The highest BCUT2D eigenvalue weighted by Gasteiger charge is 1.97. The summed E-state index contributed by atoms with van der Waals surface area (Å²) in [6.07, 6.45) is 0. The summed E-state index contributed by atoms with van der Waals surface area (Å²) in [5.74, 6) is 0.840. The summed E-state index contributed by atoms with van der Waals surface area (Å²) >= 11 is 5.29. The van der Waals surface area contributed by atoms with Crippen LogP contribution in [0.4, 0.5) is 5.69 Å². The molecule has 0 aliphatic heterocycles. The summed E-state index contributed by atoms with van der Waals surface area (Å²) in [7, 11) is 1.64. The number of hydrogen-bond donors (Lipinski definition) is 2. The van der Waals surface area contributed by atoms with Crippen LogP contribution >= 0.6 is 11.8 Å². The number of benzene rings is 1. The Labute approximate surface area is 76.8 Å². The minimum atomic E-state index is 0.840. The number of ether oxygens (including phenoxy) is 1. The quantitative estimate of drug-likeness (QED) is 0.560. The monoisotopic (exact) mass is 186 g/mol. The van der Waals surface area contributed by atoms with E-state index in [9.17, 15) is 0 Å². The van der Waals surface area contributed by atoms with Crippen LogP contribution in [0.3, 0.4) is 0 Å². The molecule has 3 nitrogen and oxygen atoms in total. The van der Waals surface area contributed by atoms with Crippen LogP contribution in [0.5, 0.6) is 5.75 Å². The molecule has 0 amide bonds. The van der Waals surface area contributed by atoms with Crippen molar-refractivity contribution < 1.29 is 4.74 Å². The number of hydrazine groups is 1. The van der Waals surface area contributed by atoms with Crippen LogP contribution in [0.15, 0.2) is 18.2 Å². The zero-order valence-electron chi connectivity index (χ0n) is 7.02. The SMILES string of the molecule is COc1ccc(NNCl)c(C)c1. The van der Waals surface area contributed by atoms with Crippen molar-refractivity contribution in [1.29, 1.82) is 0 Å². The van der Waals surface area contributed by atoms with E-state index in [1.54, 1.807) is 7.11 Å². The molecule has 0 bridgehead atoms. The molecule has 2 N–H and O–H groups in total. The molecule has 4 heteroatoms. The van der Waals surface area contributed by atoms with E-state index in [1.807, 2.05) is 25.1 Å². The molecule has 1 aromatic carbocycles. The molecule has 66 valence electrons.